The fraction of sp³-hybridized carbons (Fsp3) is 0.172. The lowest BCUT2D eigenvalue weighted by Gasteiger charge is -2.20. The number of hydrogen-bond acceptors (Lipinski definition) is 8. The molecule has 0 spiro atoms. The monoisotopic (exact) mass is 492 g/mol. The molecule has 0 unspecified atom stereocenters. The van der Waals surface area contributed by atoms with Gasteiger partial charge in [0.15, 0.2) is 0 Å². The summed E-state index contributed by atoms with van der Waals surface area (Å²) in [6, 6.07) is 27.0. The third kappa shape index (κ3) is 5.59. The maximum atomic E-state index is 12.7. The predicted molar refractivity (Wildman–Crippen MR) is 148 cm³/mol. The van der Waals surface area contributed by atoms with Crippen molar-refractivity contribution in [3.8, 4) is 11.1 Å². The molecule has 8 nitrogen and oxygen atoms in total. The normalized spacial score (nSPS) is 10.9. The van der Waals surface area contributed by atoms with Crippen molar-refractivity contribution in [3.63, 3.8) is 0 Å². The Labute approximate surface area is 215 Å². The Balaban J connectivity index is 1.44. The summed E-state index contributed by atoms with van der Waals surface area (Å²) in [5.74, 6) is 1.45. The summed E-state index contributed by atoms with van der Waals surface area (Å²) < 4.78 is 5.66. The van der Waals surface area contributed by atoms with E-state index in [1.807, 2.05) is 78.9 Å². The summed E-state index contributed by atoms with van der Waals surface area (Å²) >= 11 is 0. The smallest absolute Gasteiger partial charge is 0.344 e. The van der Waals surface area contributed by atoms with Gasteiger partial charge in [0.1, 0.15) is 5.58 Å². The first-order chi connectivity index (χ1) is 18.1. The van der Waals surface area contributed by atoms with E-state index in [4.69, 9.17) is 4.42 Å². The number of aromatic nitrogens is 3. The minimum atomic E-state index is -0.382. The van der Waals surface area contributed by atoms with Gasteiger partial charge in [-0.1, -0.05) is 60.7 Å². The molecule has 37 heavy (non-hydrogen) atoms. The number of benzene rings is 3. The molecule has 0 radical (unpaired) electrons. The summed E-state index contributed by atoms with van der Waals surface area (Å²) in [6.45, 7) is 6.25. The zero-order valence-corrected chi connectivity index (χ0v) is 20.8. The van der Waals surface area contributed by atoms with Crippen LogP contribution in [0, 0.1) is 0 Å². The van der Waals surface area contributed by atoms with E-state index in [1.54, 1.807) is 6.07 Å². The number of hydrogen-bond donors (Lipinski definition) is 2. The molecule has 0 aliphatic heterocycles. The van der Waals surface area contributed by atoms with Crippen molar-refractivity contribution in [1.29, 1.82) is 0 Å². The summed E-state index contributed by atoms with van der Waals surface area (Å²) in [5, 5.41) is 7.38. The van der Waals surface area contributed by atoms with E-state index >= 15 is 0 Å². The number of rotatable bonds is 9. The van der Waals surface area contributed by atoms with E-state index in [2.05, 4.69) is 44.3 Å². The minimum Gasteiger partial charge on any atom is -0.422 e. The van der Waals surface area contributed by atoms with Gasteiger partial charge in [0, 0.05) is 36.8 Å². The van der Waals surface area contributed by atoms with Gasteiger partial charge >= 0.3 is 5.63 Å². The standard InChI is InChI=1S/C29H28N6O2/c1-3-35(4-2)29-33-27(30-19-20-11-7-5-8-12-20)32-28(34-29)31-23-16-15-22-17-24(21-13-9-6-10-14-21)26(36)37-25(22)18-23/h5-18H,3-4,19H2,1-2H3,(H2,30,31,32,33,34). The Hall–Kier alpha value is -4.72. The molecule has 3 aromatic carbocycles. The number of nitrogens with one attached hydrogen (secondary N) is 2. The van der Waals surface area contributed by atoms with E-state index < -0.39 is 0 Å². The molecule has 0 saturated heterocycles. The van der Waals surface area contributed by atoms with Crippen LogP contribution in [0.4, 0.5) is 23.5 Å². The van der Waals surface area contributed by atoms with Crippen LogP contribution in [0.2, 0.25) is 0 Å². The number of fused-ring (bicyclic) bond motifs is 1. The van der Waals surface area contributed by atoms with Crippen LogP contribution in [0.1, 0.15) is 19.4 Å². The largest absolute Gasteiger partial charge is 0.422 e. The van der Waals surface area contributed by atoms with Gasteiger partial charge in [-0.15, -0.1) is 0 Å². The molecule has 0 atom stereocenters. The molecule has 5 aromatic rings. The second-order valence-corrected chi connectivity index (χ2v) is 8.49. The van der Waals surface area contributed by atoms with Crippen molar-refractivity contribution in [3.05, 3.63) is 101 Å². The van der Waals surface area contributed by atoms with Gasteiger partial charge in [-0.05, 0) is 43.2 Å². The molecule has 2 aromatic heterocycles. The fourth-order valence-electron chi connectivity index (χ4n) is 4.06. The molecular formula is C29H28N6O2. The molecule has 0 aliphatic rings. The maximum Gasteiger partial charge on any atom is 0.344 e. The molecule has 186 valence electrons. The van der Waals surface area contributed by atoms with Crippen LogP contribution in [0.25, 0.3) is 22.1 Å². The van der Waals surface area contributed by atoms with Gasteiger partial charge < -0.3 is 20.0 Å². The summed E-state index contributed by atoms with van der Waals surface area (Å²) in [4.78, 5) is 28.6. The average molecular weight is 493 g/mol. The van der Waals surface area contributed by atoms with Crippen LogP contribution in [-0.4, -0.2) is 28.0 Å². The summed E-state index contributed by atoms with van der Waals surface area (Å²) in [7, 11) is 0. The SMILES string of the molecule is CCN(CC)c1nc(NCc2ccccc2)nc(Nc2ccc3cc(-c4ccccc4)c(=O)oc3c2)n1. The van der Waals surface area contributed by atoms with Gasteiger partial charge in [0.05, 0.1) is 5.56 Å². The lowest BCUT2D eigenvalue weighted by atomic mass is 10.1. The van der Waals surface area contributed by atoms with E-state index in [1.165, 1.54) is 0 Å². The van der Waals surface area contributed by atoms with Crippen molar-refractivity contribution in [2.75, 3.05) is 28.6 Å². The molecule has 2 heterocycles. The summed E-state index contributed by atoms with van der Waals surface area (Å²) in [6.07, 6.45) is 0. The van der Waals surface area contributed by atoms with Crippen LogP contribution < -0.4 is 21.2 Å². The van der Waals surface area contributed by atoms with E-state index in [9.17, 15) is 4.79 Å². The van der Waals surface area contributed by atoms with Crippen molar-refractivity contribution >= 4 is 34.5 Å². The van der Waals surface area contributed by atoms with Crippen molar-refractivity contribution in [1.82, 2.24) is 15.0 Å². The first kappa shape index (κ1) is 24.0. The van der Waals surface area contributed by atoms with Gasteiger partial charge in [-0.25, -0.2) is 4.79 Å². The highest BCUT2D eigenvalue weighted by Crippen LogP contribution is 2.25. The van der Waals surface area contributed by atoms with Gasteiger partial charge in [-0.2, -0.15) is 15.0 Å². The van der Waals surface area contributed by atoms with E-state index in [-0.39, 0.29) is 5.63 Å². The molecule has 2 N–H and O–H groups in total. The fourth-order valence-corrected chi connectivity index (χ4v) is 4.06. The lowest BCUT2D eigenvalue weighted by molar-refractivity contribution is 0.563. The first-order valence-electron chi connectivity index (χ1n) is 12.3. The Morgan fingerprint density at radius 1 is 0.811 bits per heavy atom. The Bertz CT molecular complexity index is 1550. The van der Waals surface area contributed by atoms with Crippen LogP contribution in [-0.2, 0) is 6.54 Å². The van der Waals surface area contributed by atoms with Crippen LogP contribution in [0.5, 0.6) is 0 Å². The Morgan fingerprint density at radius 2 is 1.51 bits per heavy atom. The van der Waals surface area contributed by atoms with Gasteiger partial charge in [0.2, 0.25) is 17.8 Å². The zero-order valence-electron chi connectivity index (χ0n) is 20.8. The quantitative estimate of drug-likeness (QED) is 0.248. The highest BCUT2D eigenvalue weighted by Gasteiger charge is 2.13. The number of nitrogens with zero attached hydrogens (tertiary/aromatic N) is 4. The van der Waals surface area contributed by atoms with Gasteiger partial charge in [0.25, 0.3) is 0 Å². The number of anilines is 4. The topological polar surface area (TPSA) is 96.2 Å². The van der Waals surface area contributed by atoms with E-state index in [0.717, 1.165) is 29.6 Å². The molecule has 0 amide bonds. The molecular weight excluding hydrogens is 464 g/mol. The first-order valence-corrected chi connectivity index (χ1v) is 12.3. The van der Waals surface area contributed by atoms with E-state index in [0.29, 0.717) is 41.2 Å². The molecule has 5 rings (SSSR count). The lowest BCUT2D eigenvalue weighted by Crippen LogP contribution is -2.25. The van der Waals surface area contributed by atoms with Crippen molar-refractivity contribution in [2.24, 2.45) is 0 Å². The van der Waals surface area contributed by atoms with Crippen LogP contribution >= 0.6 is 0 Å². The van der Waals surface area contributed by atoms with Gasteiger partial charge in [-0.3, -0.25) is 0 Å². The predicted octanol–water partition coefficient (Wildman–Crippen LogP) is 5.85. The second kappa shape index (κ2) is 10.9. The van der Waals surface area contributed by atoms with Crippen LogP contribution in [0.15, 0.2) is 94.1 Å². The highest BCUT2D eigenvalue weighted by molar-refractivity contribution is 5.84. The van der Waals surface area contributed by atoms with Crippen molar-refractivity contribution < 1.29 is 4.42 Å². The third-order valence-electron chi connectivity index (χ3n) is 6.04. The Morgan fingerprint density at radius 3 is 2.24 bits per heavy atom. The molecule has 0 fully saturated rings. The molecule has 0 saturated carbocycles. The molecule has 0 bridgehead atoms. The maximum absolute atomic E-state index is 12.7. The van der Waals surface area contributed by atoms with Crippen molar-refractivity contribution in [2.45, 2.75) is 20.4 Å². The third-order valence-corrected chi connectivity index (χ3v) is 6.04. The minimum absolute atomic E-state index is 0.382. The second-order valence-electron chi connectivity index (χ2n) is 8.49. The van der Waals surface area contributed by atoms with Crippen LogP contribution in [0.3, 0.4) is 0 Å². The summed E-state index contributed by atoms with van der Waals surface area (Å²) in [5.41, 5.74) is 3.28. The highest BCUT2D eigenvalue weighted by atomic mass is 16.4. The zero-order chi connectivity index (χ0) is 25.6. The molecule has 0 aliphatic carbocycles. The average Bonchev–Trinajstić information content (AvgIpc) is 2.93. The molecule has 8 heteroatoms. The Kier molecular flexibility index (Phi) is 7.07.